The van der Waals surface area contributed by atoms with Gasteiger partial charge in [0.2, 0.25) is 5.95 Å². The first-order valence-electron chi connectivity index (χ1n) is 15.3. The Hall–Kier alpha value is -5.92. The number of thiophene rings is 1. The summed E-state index contributed by atoms with van der Waals surface area (Å²) < 4.78 is 34.2. The molecule has 0 saturated carbocycles. The first kappa shape index (κ1) is 26.3. The van der Waals surface area contributed by atoms with Gasteiger partial charge >= 0.3 is 6.08 Å². The predicted molar refractivity (Wildman–Crippen MR) is 189 cm³/mol. The van der Waals surface area contributed by atoms with E-state index in [0.29, 0.717) is 10.9 Å². The van der Waals surface area contributed by atoms with Gasteiger partial charge in [-0.2, -0.15) is 13.8 Å². The van der Waals surface area contributed by atoms with E-state index >= 15 is 0 Å². The van der Waals surface area contributed by atoms with Gasteiger partial charge in [0.15, 0.2) is 0 Å². The summed E-state index contributed by atoms with van der Waals surface area (Å²) in [5, 5.41) is 5.37. The molecule has 0 bridgehead atoms. The van der Waals surface area contributed by atoms with Gasteiger partial charge in [0.25, 0.3) is 0 Å². The number of benzene rings is 6. The zero-order valence-corrected chi connectivity index (χ0v) is 25.5. The molecule has 6 aromatic carbocycles. The molecule has 0 radical (unpaired) electrons. The summed E-state index contributed by atoms with van der Waals surface area (Å²) >= 11 is 1.23. The Bertz CT molecular complexity index is 2880. The molecule has 0 spiro atoms. The van der Waals surface area contributed by atoms with Crippen LogP contribution in [0.2, 0.25) is 0 Å². The van der Waals surface area contributed by atoms with Crippen LogP contribution < -0.4 is 0 Å². The second-order valence-corrected chi connectivity index (χ2v) is 12.8. The minimum atomic E-state index is -1.06. The number of rotatable bonds is 3. The van der Waals surface area contributed by atoms with Crippen molar-refractivity contribution in [2.75, 3.05) is 0 Å². The fourth-order valence-corrected chi connectivity index (χ4v) is 8.15. The summed E-state index contributed by atoms with van der Waals surface area (Å²) in [5.74, 6) is -0.831. The minimum absolute atomic E-state index is 0.259. The summed E-state index contributed by atoms with van der Waals surface area (Å²) in [6.07, 6.45) is -1.06. The van der Waals surface area contributed by atoms with E-state index in [0.717, 1.165) is 49.0 Å². The van der Waals surface area contributed by atoms with Crippen LogP contribution in [0.15, 0.2) is 133 Å². The smallest absolute Gasteiger partial charge is 0.309 e. The topological polar surface area (TPSA) is 35.6 Å². The first-order valence-corrected chi connectivity index (χ1v) is 16.1. The first-order chi connectivity index (χ1) is 23.1. The van der Waals surface area contributed by atoms with Gasteiger partial charge in [-0.3, -0.25) is 0 Å². The standard InChI is InChI=1S/C40H22F2N4S/c41-39-38-37(43-40(42)44-39)31-22-26(16-19-36(31)47-38)46-33-13-7-5-11-28(33)30-21-24(15-18-35(30)46)23-14-17-34-29(20-23)27-10-4-6-12-32(27)45(34)25-8-2-1-3-9-25/h1-22H. The number of aromatic nitrogens is 4. The fraction of sp³-hybridized carbons (Fsp3) is 0. The van der Waals surface area contributed by atoms with Crippen molar-refractivity contribution in [1.82, 2.24) is 19.1 Å². The molecular formula is C40H22F2N4S. The number of hydrogen-bond acceptors (Lipinski definition) is 3. The minimum Gasteiger partial charge on any atom is -0.309 e. The lowest BCUT2D eigenvalue weighted by Crippen LogP contribution is -1.94. The largest absolute Gasteiger partial charge is 0.311 e. The highest BCUT2D eigenvalue weighted by Crippen LogP contribution is 2.40. The third kappa shape index (κ3) is 3.84. The summed E-state index contributed by atoms with van der Waals surface area (Å²) in [6.45, 7) is 0. The summed E-state index contributed by atoms with van der Waals surface area (Å²) in [6, 6.07) is 46.7. The van der Waals surface area contributed by atoms with Gasteiger partial charge in [-0.05, 0) is 77.9 Å². The molecule has 47 heavy (non-hydrogen) atoms. The zero-order chi connectivity index (χ0) is 31.2. The van der Waals surface area contributed by atoms with Gasteiger partial charge in [0.05, 0.1) is 27.6 Å². The molecular weight excluding hydrogens is 607 g/mol. The van der Waals surface area contributed by atoms with E-state index in [2.05, 4.69) is 122 Å². The number of nitrogens with zero attached hydrogens (tertiary/aromatic N) is 4. The second-order valence-electron chi connectivity index (χ2n) is 11.7. The summed E-state index contributed by atoms with van der Waals surface area (Å²) in [7, 11) is 0. The molecule has 0 fully saturated rings. The van der Waals surface area contributed by atoms with Gasteiger partial charge in [0.1, 0.15) is 4.70 Å². The third-order valence-corrected chi connectivity index (χ3v) is 10.3. The number of para-hydroxylation sites is 3. The van der Waals surface area contributed by atoms with Gasteiger partial charge in [0, 0.05) is 43.0 Å². The Morgan fingerprint density at radius 1 is 0.468 bits per heavy atom. The van der Waals surface area contributed by atoms with E-state index in [1.54, 1.807) is 0 Å². The third-order valence-electron chi connectivity index (χ3n) is 9.18. The molecule has 4 heterocycles. The quantitative estimate of drug-likeness (QED) is 0.144. The van der Waals surface area contributed by atoms with E-state index in [-0.39, 0.29) is 4.70 Å². The van der Waals surface area contributed by atoms with Crippen LogP contribution in [0, 0.1) is 12.0 Å². The SMILES string of the molecule is Fc1nc(F)c2sc3ccc(-n4c5ccccc5c5cc(-c6ccc7c(c6)c6ccccc6n7-c6ccccc6)ccc54)cc3c2n1. The molecule has 0 aliphatic rings. The lowest BCUT2D eigenvalue weighted by Gasteiger charge is -2.09. The van der Waals surface area contributed by atoms with E-state index in [1.807, 2.05) is 30.3 Å². The molecule has 0 aliphatic carbocycles. The van der Waals surface area contributed by atoms with Crippen LogP contribution in [-0.2, 0) is 0 Å². The maximum atomic E-state index is 14.5. The molecule has 10 rings (SSSR count). The molecule has 0 atom stereocenters. The van der Waals surface area contributed by atoms with Crippen LogP contribution in [0.4, 0.5) is 8.78 Å². The Kier molecular flexibility index (Phi) is 5.48. The molecule has 222 valence electrons. The Balaban J connectivity index is 1.17. The predicted octanol–water partition coefficient (Wildman–Crippen LogP) is 11.0. The molecule has 4 aromatic heterocycles. The number of fused-ring (bicyclic) bond motifs is 9. The zero-order valence-electron chi connectivity index (χ0n) is 24.7. The lowest BCUT2D eigenvalue weighted by molar-refractivity contribution is 0.495. The molecule has 0 N–H and O–H groups in total. The molecule has 0 saturated heterocycles. The molecule has 10 aromatic rings. The molecule has 0 unspecified atom stereocenters. The Morgan fingerprint density at radius 2 is 1.04 bits per heavy atom. The van der Waals surface area contributed by atoms with Gasteiger partial charge in [-0.1, -0.05) is 66.7 Å². The average Bonchev–Trinajstić information content (AvgIpc) is 3.76. The highest BCUT2D eigenvalue weighted by molar-refractivity contribution is 7.25. The summed E-state index contributed by atoms with van der Waals surface area (Å²) in [5.41, 5.74) is 9.03. The van der Waals surface area contributed by atoms with Crippen molar-refractivity contribution in [3.63, 3.8) is 0 Å². The van der Waals surface area contributed by atoms with Crippen LogP contribution >= 0.6 is 11.3 Å². The second kappa shape index (κ2) is 9.79. The van der Waals surface area contributed by atoms with Crippen molar-refractivity contribution in [1.29, 1.82) is 0 Å². The van der Waals surface area contributed by atoms with Gasteiger partial charge in [-0.25, -0.2) is 4.98 Å². The molecule has 7 heteroatoms. The van der Waals surface area contributed by atoms with Gasteiger partial charge < -0.3 is 9.13 Å². The fourth-order valence-electron chi connectivity index (χ4n) is 7.15. The van der Waals surface area contributed by atoms with Gasteiger partial charge in [-0.15, -0.1) is 11.3 Å². The number of hydrogen-bond donors (Lipinski definition) is 0. The normalized spacial score (nSPS) is 12.0. The average molecular weight is 629 g/mol. The van der Waals surface area contributed by atoms with Crippen LogP contribution in [-0.4, -0.2) is 19.1 Å². The highest BCUT2D eigenvalue weighted by Gasteiger charge is 2.18. The monoisotopic (exact) mass is 628 g/mol. The van der Waals surface area contributed by atoms with Crippen molar-refractivity contribution in [3.05, 3.63) is 145 Å². The maximum Gasteiger partial charge on any atom is 0.311 e. The number of halogens is 2. The van der Waals surface area contributed by atoms with E-state index in [9.17, 15) is 8.78 Å². The van der Waals surface area contributed by atoms with Crippen LogP contribution in [0.25, 0.3) is 86.4 Å². The molecule has 0 aliphatic heterocycles. The van der Waals surface area contributed by atoms with Crippen molar-refractivity contribution in [2.24, 2.45) is 0 Å². The highest BCUT2D eigenvalue weighted by atomic mass is 32.1. The van der Waals surface area contributed by atoms with Crippen molar-refractivity contribution < 1.29 is 8.78 Å². The van der Waals surface area contributed by atoms with E-state index in [1.165, 1.54) is 33.1 Å². The van der Waals surface area contributed by atoms with Crippen LogP contribution in [0.1, 0.15) is 0 Å². The van der Waals surface area contributed by atoms with Crippen molar-refractivity contribution in [3.8, 4) is 22.5 Å². The summed E-state index contributed by atoms with van der Waals surface area (Å²) in [4.78, 5) is 7.25. The van der Waals surface area contributed by atoms with Crippen LogP contribution in [0.3, 0.4) is 0 Å². The molecule has 0 amide bonds. The Labute approximate surface area is 270 Å². The lowest BCUT2D eigenvalue weighted by atomic mass is 10.0. The maximum absolute atomic E-state index is 14.5. The molecule has 4 nitrogen and oxygen atoms in total. The van der Waals surface area contributed by atoms with Crippen molar-refractivity contribution in [2.45, 2.75) is 0 Å². The van der Waals surface area contributed by atoms with E-state index < -0.39 is 12.0 Å². The van der Waals surface area contributed by atoms with Crippen LogP contribution in [0.5, 0.6) is 0 Å². The van der Waals surface area contributed by atoms with E-state index in [4.69, 9.17) is 0 Å². The Morgan fingerprint density at radius 3 is 1.70 bits per heavy atom. The van der Waals surface area contributed by atoms with Crippen molar-refractivity contribution >= 4 is 75.3 Å².